The number of rotatable bonds is 3. The van der Waals surface area contributed by atoms with Gasteiger partial charge in [-0.15, -0.1) is 0 Å². The Morgan fingerprint density at radius 2 is 1.64 bits per heavy atom. The van der Waals surface area contributed by atoms with E-state index in [1.165, 1.54) is 22.9 Å². The summed E-state index contributed by atoms with van der Waals surface area (Å²) < 4.78 is 1.44. The van der Waals surface area contributed by atoms with Crippen LogP contribution in [0, 0.1) is 6.92 Å². The van der Waals surface area contributed by atoms with E-state index >= 15 is 0 Å². The van der Waals surface area contributed by atoms with Crippen LogP contribution in [0.4, 0.5) is 0 Å². The summed E-state index contributed by atoms with van der Waals surface area (Å²) >= 11 is 12.1. The molecule has 0 spiro atoms. The molecule has 2 aromatic carbocycles. The van der Waals surface area contributed by atoms with Crippen molar-refractivity contribution in [3.05, 3.63) is 81.1 Å². The van der Waals surface area contributed by atoms with Gasteiger partial charge in [0, 0.05) is 10.7 Å². The van der Waals surface area contributed by atoms with Crippen molar-refractivity contribution in [2.75, 3.05) is 0 Å². The monoisotopic (exact) mass is 415 g/mol. The Labute approximate surface area is 169 Å². The average Bonchev–Trinajstić information content (AvgIpc) is 3.16. The van der Waals surface area contributed by atoms with Crippen LogP contribution < -0.4 is 0 Å². The maximum Gasteiger partial charge on any atom is 0.384 e. The Hall–Kier alpha value is -3.16. The van der Waals surface area contributed by atoms with Crippen molar-refractivity contribution >= 4 is 41.0 Å². The van der Waals surface area contributed by atoms with Gasteiger partial charge in [0.25, 0.3) is 11.8 Å². The summed E-state index contributed by atoms with van der Waals surface area (Å²) in [6, 6.07) is 12.5. The molecule has 2 amide bonds. The van der Waals surface area contributed by atoms with E-state index in [1.54, 1.807) is 37.3 Å². The third-order valence-electron chi connectivity index (χ3n) is 4.17. The van der Waals surface area contributed by atoms with E-state index in [0.717, 1.165) is 0 Å². The fraction of sp³-hybridized carbons (Fsp3) is 0.0526. The van der Waals surface area contributed by atoms with Gasteiger partial charge in [-0.25, -0.2) is 9.48 Å². The minimum absolute atomic E-state index is 0.0833. The molecule has 0 fully saturated rings. The molecule has 1 aliphatic rings. The summed E-state index contributed by atoms with van der Waals surface area (Å²) in [6.45, 7) is 1.72. The first kappa shape index (κ1) is 18.2. The van der Waals surface area contributed by atoms with E-state index in [1.807, 2.05) is 0 Å². The molecule has 0 aliphatic carbocycles. The Bertz CT molecular complexity index is 1120. The Balaban J connectivity index is 1.60. The number of amides is 2. The highest BCUT2D eigenvalue weighted by Crippen LogP contribution is 2.26. The van der Waals surface area contributed by atoms with Gasteiger partial charge >= 0.3 is 5.97 Å². The molecule has 140 valence electrons. The van der Waals surface area contributed by atoms with Crippen molar-refractivity contribution in [1.82, 2.24) is 14.8 Å². The van der Waals surface area contributed by atoms with Crippen molar-refractivity contribution < 1.29 is 19.2 Å². The summed E-state index contributed by atoms with van der Waals surface area (Å²) in [5.74, 6) is -2.35. The predicted octanol–water partition coefficient (Wildman–Crippen LogP) is 3.86. The van der Waals surface area contributed by atoms with Gasteiger partial charge in [0.05, 0.1) is 21.8 Å². The topological polar surface area (TPSA) is 81.5 Å². The lowest BCUT2D eigenvalue weighted by molar-refractivity contribution is -0.0588. The van der Waals surface area contributed by atoms with Crippen molar-refractivity contribution in [1.29, 1.82) is 0 Å². The second-order valence-electron chi connectivity index (χ2n) is 6.01. The summed E-state index contributed by atoms with van der Waals surface area (Å²) in [7, 11) is 0. The van der Waals surface area contributed by atoms with Gasteiger partial charge < -0.3 is 4.84 Å². The van der Waals surface area contributed by atoms with Gasteiger partial charge in [-0.1, -0.05) is 40.4 Å². The normalized spacial score (nSPS) is 13.0. The second kappa shape index (κ2) is 6.78. The highest BCUT2D eigenvalue weighted by molar-refractivity contribution is 6.35. The van der Waals surface area contributed by atoms with Crippen molar-refractivity contribution in [3.8, 4) is 5.69 Å². The first-order valence-corrected chi connectivity index (χ1v) is 8.84. The number of carbonyl (C=O) groups is 3. The molecule has 9 heteroatoms. The van der Waals surface area contributed by atoms with Gasteiger partial charge in [-0.05, 0) is 43.3 Å². The average molecular weight is 416 g/mol. The number of imide groups is 1. The molecular weight excluding hydrogens is 405 g/mol. The van der Waals surface area contributed by atoms with E-state index in [2.05, 4.69) is 5.10 Å². The van der Waals surface area contributed by atoms with Crippen molar-refractivity contribution in [3.63, 3.8) is 0 Å². The summed E-state index contributed by atoms with van der Waals surface area (Å²) in [4.78, 5) is 42.1. The molecule has 28 heavy (non-hydrogen) atoms. The zero-order valence-corrected chi connectivity index (χ0v) is 15.9. The SMILES string of the molecule is Cc1cc(C(=O)ON2C(=O)c3ccccc3C2=O)nn1-c1ccc(Cl)cc1Cl. The lowest BCUT2D eigenvalue weighted by Crippen LogP contribution is -2.32. The molecule has 0 unspecified atom stereocenters. The van der Waals surface area contributed by atoms with Crippen molar-refractivity contribution in [2.24, 2.45) is 0 Å². The number of aryl methyl sites for hydroxylation is 1. The van der Waals surface area contributed by atoms with Crippen molar-refractivity contribution in [2.45, 2.75) is 6.92 Å². The zero-order chi connectivity index (χ0) is 20.0. The third-order valence-corrected chi connectivity index (χ3v) is 4.70. The van der Waals surface area contributed by atoms with E-state index in [4.69, 9.17) is 28.0 Å². The number of fused-ring (bicyclic) bond motifs is 1. The minimum Gasteiger partial charge on any atom is -0.322 e. The number of hydrogen-bond donors (Lipinski definition) is 0. The summed E-state index contributed by atoms with van der Waals surface area (Å²) in [6.07, 6.45) is 0. The Kier molecular flexibility index (Phi) is 4.41. The molecule has 0 saturated heterocycles. The Morgan fingerprint density at radius 1 is 1.00 bits per heavy atom. The molecule has 0 saturated carbocycles. The predicted molar refractivity (Wildman–Crippen MR) is 101 cm³/mol. The molecule has 4 rings (SSSR count). The molecular formula is C19H11Cl2N3O4. The number of aromatic nitrogens is 2. The first-order chi connectivity index (χ1) is 13.4. The number of benzene rings is 2. The number of halogens is 2. The highest BCUT2D eigenvalue weighted by atomic mass is 35.5. The first-order valence-electron chi connectivity index (χ1n) is 8.09. The summed E-state index contributed by atoms with van der Waals surface area (Å²) in [5.41, 5.74) is 1.38. The highest BCUT2D eigenvalue weighted by Gasteiger charge is 2.39. The number of hydroxylamine groups is 2. The van der Waals surface area contributed by atoms with Crippen LogP contribution in [-0.4, -0.2) is 32.6 Å². The fourth-order valence-electron chi connectivity index (χ4n) is 2.85. The van der Waals surface area contributed by atoms with Crippen LogP contribution in [-0.2, 0) is 4.84 Å². The fourth-order valence-corrected chi connectivity index (χ4v) is 3.34. The van der Waals surface area contributed by atoms with Crippen LogP contribution in [0.15, 0.2) is 48.5 Å². The molecule has 1 aliphatic heterocycles. The lowest BCUT2D eigenvalue weighted by atomic mass is 10.1. The van der Waals surface area contributed by atoms with Crippen LogP contribution in [0.3, 0.4) is 0 Å². The molecule has 0 atom stereocenters. The van der Waals surface area contributed by atoms with E-state index < -0.39 is 17.8 Å². The van der Waals surface area contributed by atoms with Gasteiger partial charge in [-0.2, -0.15) is 5.10 Å². The minimum atomic E-state index is -0.943. The van der Waals surface area contributed by atoms with E-state index in [0.29, 0.717) is 26.5 Å². The molecule has 0 radical (unpaired) electrons. The van der Waals surface area contributed by atoms with E-state index in [9.17, 15) is 14.4 Å². The number of carbonyl (C=O) groups excluding carboxylic acids is 3. The second-order valence-corrected chi connectivity index (χ2v) is 6.85. The zero-order valence-electron chi connectivity index (χ0n) is 14.3. The van der Waals surface area contributed by atoms with Crippen LogP contribution in [0.25, 0.3) is 5.69 Å². The summed E-state index contributed by atoms with van der Waals surface area (Å²) in [5, 5.41) is 5.43. The molecule has 0 bridgehead atoms. The molecule has 0 N–H and O–H groups in total. The third kappa shape index (κ3) is 2.94. The van der Waals surface area contributed by atoms with E-state index in [-0.39, 0.29) is 16.8 Å². The van der Waals surface area contributed by atoms with Crippen LogP contribution in [0.2, 0.25) is 10.0 Å². The van der Waals surface area contributed by atoms with Gasteiger partial charge in [-0.3, -0.25) is 9.59 Å². The number of hydrogen-bond acceptors (Lipinski definition) is 5. The van der Waals surface area contributed by atoms with Crippen LogP contribution >= 0.6 is 23.2 Å². The lowest BCUT2D eigenvalue weighted by Gasteiger charge is -2.11. The maximum atomic E-state index is 12.5. The van der Waals surface area contributed by atoms with Crippen LogP contribution in [0.5, 0.6) is 0 Å². The van der Waals surface area contributed by atoms with Gasteiger partial charge in [0.15, 0.2) is 5.69 Å². The standard InChI is InChI=1S/C19H11Cl2N3O4/c1-10-8-15(22-23(10)16-7-6-11(20)9-14(16)21)19(27)28-24-17(25)12-4-2-3-5-13(12)18(24)26/h2-9H,1H3. The van der Waals surface area contributed by atoms with Crippen LogP contribution in [0.1, 0.15) is 36.9 Å². The molecule has 3 aromatic rings. The smallest absolute Gasteiger partial charge is 0.322 e. The molecule has 1 aromatic heterocycles. The molecule has 7 nitrogen and oxygen atoms in total. The Morgan fingerprint density at radius 3 is 2.25 bits per heavy atom. The number of nitrogens with zero attached hydrogens (tertiary/aromatic N) is 3. The largest absolute Gasteiger partial charge is 0.384 e. The maximum absolute atomic E-state index is 12.5. The quantitative estimate of drug-likeness (QED) is 0.606. The van der Waals surface area contributed by atoms with Gasteiger partial charge in [0.2, 0.25) is 0 Å². The van der Waals surface area contributed by atoms with Gasteiger partial charge in [0.1, 0.15) is 0 Å². The molecule has 2 heterocycles.